The molecule has 4 unspecified atom stereocenters. The van der Waals surface area contributed by atoms with E-state index in [1.165, 1.54) is 36.4 Å². The van der Waals surface area contributed by atoms with Crippen molar-refractivity contribution in [1.29, 1.82) is 0 Å². The van der Waals surface area contributed by atoms with Crippen LogP contribution in [0.2, 0.25) is 0 Å². The van der Waals surface area contributed by atoms with Gasteiger partial charge in [0.15, 0.2) is 11.6 Å². The Bertz CT molecular complexity index is 3590. The van der Waals surface area contributed by atoms with Crippen LogP contribution in [0.4, 0.5) is 0 Å². The molecule has 103 heavy (non-hydrogen) atoms. The van der Waals surface area contributed by atoms with Crippen LogP contribution < -0.4 is 54.0 Å². The van der Waals surface area contributed by atoms with Crippen LogP contribution in [0.1, 0.15) is 139 Å². The summed E-state index contributed by atoms with van der Waals surface area (Å²) in [6, 6.07) is 9.25. The van der Waals surface area contributed by atoms with E-state index >= 15 is 4.79 Å². The van der Waals surface area contributed by atoms with Crippen molar-refractivity contribution in [1.82, 2.24) is 52.3 Å². The van der Waals surface area contributed by atoms with Crippen molar-refractivity contribution in [3.63, 3.8) is 0 Å². The number of ketones is 2. The van der Waals surface area contributed by atoms with Crippen molar-refractivity contribution in [2.75, 3.05) is 32.8 Å². The van der Waals surface area contributed by atoms with Crippen molar-refractivity contribution in [3.8, 4) is 11.1 Å². The first kappa shape index (κ1) is 81.5. The number of hydrogen-bond donors (Lipinski definition) is 12. The average Bonchev–Trinajstić information content (AvgIpc) is 1.76. The molecule has 14 N–H and O–H groups in total. The third-order valence-electron chi connectivity index (χ3n) is 18.7. The number of carboxylic acid groups (broad SMARTS) is 2. The van der Waals surface area contributed by atoms with E-state index < -0.39 is 212 Å². The fraction of sp³-hybridized carbons (Fsp3) is 0.528. The van der Waals surface area contributed by atoms with Crippen LogP contribution in [0.3, 0.4) is 0 Å². The van der Waals surface area contributed by atoms with Gasteiger partial charge in [0.25, 0.3) is 12.4 Å². The fourth-order valence-corrected chi connectivity index (χ4v) is 12.6. The summed E-state index contributed by atoms with van der Waals surface area (Å²) in [5, 5.41) is 39.3. The number of unbranched alkanes of at least 4 members (excludes halogenated alkanes) is 1. The average molecular weight is 1430 g/mol. The molecule has 3 saturated heterocycles. The molecule has 31 nitrogen and oxygen atoms in total. The number of benzene rings is 3. The van der Waals surface area contributed by atoms with Gasteiger partial charge in [-0.2, -0.15) is 0 Å². The van der Waals surface area contributed by atoms with E-state index in [0.717, 1.165) is 53.3 Å². The highest BCUT2D eigenvalue weighted by Crippen LogP contribution is 2.28. The van der Waals surface area contributed by atoms with Gasteiger partial charge in [0.05, 0.1) is 55.8 Å². The number of aryl methyl sites for hydroxylation is 3. The molecule has 12 atom stereocenters. The molecule has 0 aromatic heterocycles. The molecule has 0 bridgehead atoms. The van der Waals surface area contributed by atoms with Crippen molar-refractivity contribution < 1.29 is 91.7 Å². The molecule has 6 rings (SSSR count). The maximum Gasteiger partial charge on any atom is 0.307 e. The summed E-state index contributed by atoms with van der Waals surface area (Å²) in [7, 11) is 0. The van der Waals surface area contributed by atoms with Crippen LogP contribution in [0.15, 0.2) is 72.8 Å². The Morgan fingerprint density at radius 3 is 1.79 bits per heavy atom. The number of carboxylic acids is 2. The van der Waals surface area contributed by atoms with Crippen LogP contribution in [-0.2, 0) is 95.9 Å². The summed E-state index contributed by atoms with van der Waals surface area (Å²) in [5.74, 6) is -22.0. The lowest BCUT2D eigenvalue weighted by molar-refractivity contribution is -0.150. The zero-order chi connectivity index (χ0) is 75.8. The van der Waals surface area contributed by atoms with Gasteiger partial charge in [0.1, 0.15) is 42.9 Å². The number of primary amides is 1. The van der Waals surface area contributed by atoms with Crippen LogP contribution in [-0.4, -0.2) is 202 Å². The van der Waals surface area contributed by atoms with Gasteiger partial charge in [-0.05, 0) is 118 Å². The molecule has 0 saturated carbocycles. The predicted molar refractivity (Wildman–Crippen MR) is 371 cm³/mol. The lowest BCUT2D eigenvalue weighted by Gasteiger charge is -2.39. The number of Topliss-reactive ketones (excluding diaryl/α,β-unsaturated/α-hetero) is 2. The molecule has 3 aromatic carbocycles. The fourth-order valence-electron chi connectivity index (χ4n) is 12.6. The SMILES string of the molecule is CCCCc1ccc(-c2ccc(CCc3ccc(C(=O)N[C@@H](CC(N)=O)C(=O)NC4C(=O)N5CCCC[C@@H]5C(=O)C[C@@H](C(C)C(=O)O)C(=O)N[C@@H](CC(=O)O)C(=O)NCC(=O)NC(COC=O)C(=O)NCC(=O)C[C@H](C(C)N)C(=O)N[C@@H](C(C)C)C(=O)N5CCC[C@H]5C(=O)N[C@@H]4C)cc3)cc2)cc1. The second-order valence-corrected chi connectivity index (χ2v) is 26.9. The second-order valence-electron chi connectivity index (χ2n) is 26.9. The maximum atomic E-state index is 15.5. The summed E-state index contributed by atoms with van der Waals surface area (Å²) in [5.41, 5.74) is 17.4. The summed E-state index contributed by atoms with van der Waals surface area (Å²) < 4.78 is 4.69. The highest BCUT2D eigenvalue weighted by molar-refractivity contribution is 6.02. The highest BCUT2D eigenvalue weighted by atomic mass is 16.5. The topological polar surface area (TPSA) is 478 Å². The Kier molecular flexibility index (Phi) is 30.9. The van der Waals surface area contributed by atoms with E-state index in [4.69, 9.17) is 11.5 Å². The number of piperidine rings is 1. The van der Waals surface area contributed by atoms with Gasteiger partial charge in [0.2, 0.25) is 59.1 Å². The Hall–Kier alpha value is -10.5. The largest absolute Gasteiger partial charge is 0.481 e. The third kappa shape index (κ3) is 23.8. The molecule has 3 fully saturated rings. The van der Waals surface area contributed by atoms with Gasteiger partial charge < -0.3 is 78.8 Å². The van der Waals surface area contributed by atoms with E-state index in [2.05, 4.69) is 103 Å². The lowest BCUT2D eigenvalue weighted by Crippen LogP contribution is -2.64. The zero-order valence-corrected chi connectivity index (χ0v) is 58.8. The van der Waals surface area contributed by atoms with Gasteiger partial charge in [-0.25, -0.2) is 0 Å². The summed E-state index contributed by atoms with van der Waals surface area (Å²) in [4.78, 5) is 222. The number of rotatable bonds is 22. The number of amides is 11. The minimum atomic E-state index is -2.05. The number of carbonyl (C=O) groups excluding carboxylic acids is 14. The summed E-state index contributed by atoms with van der Waals surface area (Å²) in [6.07, 6.45) is 1.73. The Morgan fingerprint density at radius 2 is 1.21 bits per heavy atom. The van der Waals surface area contributed by atoms with Gasteiger partial charge in [0, 0.05) is 37.5 Å². The number of carbonyl (C=O) groups is 16. The van der Waals surface area contributed by atoms with Crippen molar-refractivity contribution in [2.45, 2.75) is 186 Å². The number of nitrogens with two attached hydrogens (primary N) is 2. The van der Waals surface area contributed by atoms with Crippen LogP contribution in [0.5, 0.6) is 0 Å². The van der Waals surface area contributed by atoms with Crippen LogP contribution >= 0.6 is 0 Å². The van der Waals surface area contributed by atoms with Crippen molar-refractivity contribution in [2.24, 2.45) is 35.1 Å². The third-order valence-corrected chi connectivity index (χ3v) is 18.7. The molecule has 3 aromatic rings. The van der Waals surface area contributed by atoms with Gasteiger partial charge in [-0.1, -0.05) is 94.8 Å². The van der Waals surface area contributed by atoms with E-state index in [1.807, 2.05) is 0 Å². The first-order chi connectivity index (χ1) is 48.9. The second kappa shape index (κ2) is 39.1. The molecular weight excluding hydrogens is 1340 g/mol. The van der Waals surface area contributed by atoms with E-state index in [1.54, 1.807) is 26.0 Å². The number of ether oxygens (including phenoxy) is 1. The number of aliphatic carboxylic acids is 2. The first-order valence-electron chi connectivity index (χ1n) is 34.7. The maximum absolute atomic E-state index is 15.5. The lowest BCUT2D eigenvalue weighted by atomic mass is 9.84. The first-order valence-corrected chi connectivity index (χ1v) is 34.7. The van der Waals surface area contributed by atoms with Gasteiger partial charge in [-0.15, -0.1) is 0 Å². The molecule has 11 amide bonds. The normalized spacial score (nSPS) is 23.6. The molecule has 3 aliphatic heterocycles. The Labute approximate surface area is 596 Å². The van der Waals surface area contributed by atoms with Gasteiger partial charge >= 0.3 is 11.9 Å². The number of nitrogens with zero attached hydrogens (tertiary/aromatic N) is 2. The minimum absolute atomic E-state index is 0.0110. The monoisotopic (exact) mass is 1430 g/mol. The molecule has 558 valence electrons. The molecule has 0 spiro atoms. The van der Waals surface area contributed by atoms with E-state index in [9.17, 15) is 82.1 Å². The minimum Gasteiger partial charge on any atom is -0.481 e. The molecule has 0 aliphatic carbocycles. The number of nitrogens with one attached hydrogen (secondary N) is 8. The summed E-state index contributed by atoms with van der Waals surface area (Å²) >= 11 is 0. The number of hydrogen-bond acceptors (Lipinski definition) is 18. The van der Waals surface area contributed by atoms with Gasteiger partial charge in [-0.3, -0.25) is 76.7 Å². The van der Waals surface area contributed by atoms with Crippen molar-refractivity contribution in [3.05, 3.63) is 95.1 Å². The predicted octanol–water partition coefficient (Wildman–Crippen LogP) is 0.0396. The smallest absolute Gasteiger partial charge is 0.307 e. The zero-order valence-electron chi connectivity index (χ0n) is 58.8. The standard InChI is InChI=1S/C72H96N12O19/c1-7-8-12-43-17-23-46(24-18-43)47-25-19-44(20-26-47)15-16-45-21-27-48(28-22-45)63(92)79-52(33-58(74)88)68(97)82-62-42(6)77-69(98)56-14-11-30-84(56)70(99)61(39(2)3)81-65(94)51(41(5)73)31-49(86)35-75-67(96)54(37-103-38-85)78-59(89)36-76-66(95)53(34-60(90)91)80-64(93)50(40(4)72(101)102)32-57(87)55-13-9-10-29-83(55)71(62)100/h17-28,38-42,50-56,61-62H,7-16,29-37,73H2,1-6H3,(H2,74,88)(H,75,96)(H,76,95)(H,77,98)(H,78,89)(H,79,92)(H,80,93)(H,81,94)(H,82,97)(H,90,91)(H,101,102)/t40?,41?,42-,50+,51-,52+,53+,54?,55-,56+,61+,62?/m1/s1. The quantitative estimate of drug-likeness (QED) is 0.0591. The van der Waals surface area contributed by atoms with Crippen LogP contribution in [0.25, 0.3) is 11.1 Å². The Balaban J connectivity index is 1.31. The van der Waals surface area contributed by atoms with E-state index in [0.29, 0.717) is 12.8 Å². The van der Waals surface area contributed by atoms with E-state index in [-0.39, 0.29) is 57.2 Å². The molecular formula is C72H96N12O19. The molecule has 0 radical (unpaired) electrons. The number of fused-ring (bicyclic) bond motifs is 2. The molecule has 3 aliphatic rings. The summed E-state index contributed by atoms with van der Waals surface area (Å²) in [6.45, 7) is 6.29. The molecule has 31 heteroatoms. The van der Waals surface area contributed by atoms with Crippen molar-refractivity contribution >= 4 is 95.0 Å². The van der Waals surface area contributed by atoms with Crippen LogP contribution in [0, 0.1) is 23.7 Å². The Morgan fingerprint density at radius 1 is 0.650 bits per heavy atom. The highest BCUT2D eigenvalue weighted by Gasteiger charge is 2.45. The molecule has 3 heterocycles.